The molecule has 0 bridgehead atoms. The van der Waals surface area contributed by atoms with Crippen molar-refractivity contribution < 1.29 is 18.7 Å². The molecule has 0 amide bonds. The van der Waals surface area contributed by atoms with Crippen molar-refractivity contribution in [2.75, 3.05) is 13.2 Å². The highest BCUT2D eigenvalue weighted by molar-refractivity contribution is 5.86. The fourth-order valence-electron chi connectivity index (χ4n) is 4.06. The van der Waals surface area contributed by atoms with Crippen molar-refractivity contribution in [1.82, 2.24) is 14.8 Å². The van der Waals surface area contributed by atoms with Gasteiger partial charge in [0.05, 0.1) is 37.3 Å². The molecule has 0 aliphatic carbocycles. The Morgan fingerprint density at radius 1 is 1.08 bits per heavy atom. The van der Waals surface area contributed by atoms with Crippen LogP contribution in [0, 0.1) is 12.8 Å². The fraction of sp³-hybridized carbons (Fsp3) is 0.345. The predicted molar refractivity (Wildman–Crippen MR) is 138 cm³/mol. The normalized spacial score (nSPS) is 12.5. The zero-order chi connectivity index (χ0) is 25.7. The lowest BCUT2D eigenvalue weighted by Crippen LogP contribution is -2.37. The monoisotopic (exact) mass is 487 g/mol. The zero-order valence-electron chi connectivity index (χ0n) is 21.5. The number of oxazole rings is 1. The van der Waals surface area contributed by atoms with Gasteiger partial charge in [0.25, 0.3) is 0 Å². The minimum atomic E-state index is -0.522. The van der Waals surface area contributed by atoms with Crippen molar-refractivity contribution in [3.8, 4) is 22.7 Å². The average Bonchev–Trinajstić information content (AvgIpc) is 3.53. The van der Waals surface area contributed by atoms with Crippen LogP contribution in [-0.2, 0) is 21.6 Å². The number of aromatic nitrogens is 3. The Kier molecular flexibility index (Phi) is 7.70. The van der Waals surface area contributed by atoms with Gasteiger partial charge in [-0.3, -0.25) is 4.68 Å². The van der Waals surface area contributed by atoms with Gasteiger partial charge in [-0.1, -0.05) is 49.4 Å². The third kappa shape index (κ3) is 5.57. The summed E-state index contributed by atoms with van der Waals surface area (Å²) in [6.45, 7) is 11.9. The molecule has 0 aliphatic rings. The summed E-state index contributed by atoms with van der Waals surface area (Å²) in [4.78, 5) is 16.2. The molecule has 2 heterocycles. The molecule has 2 aromatic carbocycles. The molecule has 7 nitrogen and oxygen atoms in total. The van der Waals surface area contributed by atoms with Gasteiger partial charge in [0, 0.05) is 22.7 Å². The van der Waals surface area contributed by atoms with E-state index in [1.165, 1.54) is 11.8 Å². The maximum Gasteiger partial charge on any atom is 0.375 e. The Hall–Kier alpha value is -3.71. The molecular formula is C29H33N3O4. The van der Waals surface area contributed by atoms with Crippen LogP contribution in [-0.4, -0.2) is 33.9 Å². The number of ether oxygens (including phenoxy) is 2. The minimum absolute atomic E-state index is 0.0857. The van der Waals surface area contributed by atoms with E-state index in [9.17, 15) is 4.79 Å². The summed E-state index contributed by atoms with van der Waals surface area (Å²) in [5, 5.41) is 4.97. The van der Waals surface area contributed by atoms with Crippen molar-refractivity contribution in [3.63, 3.8) is 0 Å². The largest absolute Gasteiger partial charge is 0.460 e. The van der Waals surface area contributed by atoms with Gasteiger partial charge >= 0.3 is 5.97 Å². The molecule has 1 unspecified atom stereocenters. The van der Waals surface area contributed by atoms with E-state index in [4.69, 9.17) is 19.0 Å². The Bertz CT molecular complexity index is 1310. The Morgan fingerprint density at radius 2 is 1.83 bits per heavy atom. The SMILES string of the molecule is CCOC(=O)c1cnc(-c2cccc(-c3cc(C)n(C(C)(C)C(C)COCc4ccccc4)n3)c2)o1. The molecule has 188 valence electrons. The van der Waals surface area contributed by atoms with Gasteiger partial charge < -0.3 is 13.9 Å². The van der Waals surface area contributed by atoms with E-state index < -0.39 is 5.97 Å². The number of hydrogen-bond acceptors (Lipinski definition) is 6. The molecule has 0 saturated carbocycles. The molecule has 0 N–H and O–H groups in total. The van der Waals surface area contributed by atoms with Crippen LogP contribution in [0.25, 0.3) is 22.7 Å². The van der Waals surface area contributed by atoms with Crippen LogP contribution in [0.4, 0.5) is 0 Å². The van der Waals surface area contributed by atoms with E-state index in [2.05, 4.69) is 55.6 Å². The summed E-state index contributed by atoms with van der Waals surface area (Å²) in [6.07, 6.45) is 1.39. The second-order valence-electron chi connectivity index (χ2n) is 9.47. The molecule has 0 saturated heterocycles. The van der Waals surface area contributed by atoms with Crippen LogP contribution < -0.4 is 0 Å². The van der Waals surface area contributed by atoms with E-state index in [0.717, 1.165) is 22.5 Å². The third-order valence-corrected chi connectivity index (χ3v) is 6.51. The highest BCUT2D eigenvalue weighted by Gasteiger charge is 2.30. The lowest BCUT2D eigenvalue weighted by molar-refractivity contribution is 0.0464. The number of nitrogens with zero attached hydrogens (tertiary/aromatic N) is 3. The van der Waals surface area contributed by atoms with Crippen LogP contribution in [0.5, 0.6) is 0 Å². The summed E-state index contributed by atoms with van der Waals surface area (Å²) in [5.41, 5.74) is 4.54. The molecule has 4 rings (SSSR count). The van der Waals surface area contributed by atoms with Crippen molar-refractivity contribution in [3.05, 3.63) is 83.9 Å². The van der Waals surface area contributed by atoms with Crippen LogP contribution in [0.15, 0.2) is 71.3 Å². The van der Waals surface area contributed by atoms with E-state index in [0.29, 0.717) is 19.1 Å². The van der Waals surface area contributed by atoms with Crippen LogP contribution in [0.2, 0.25) is 0 Å². The highest BCUT2D eigenvalue weighted by Crippen LogP contribution is 2.31. The highest BCUT2D eigenvalue weighted by atomic mass is 16.5. The number of aryl methyl sites for hydroxylation is 1. The topological polar surface area (TPSA) is 79.4 Å². The lowest BCUT2D eigenvalue weighted by Gasteiger charge is -2.33. The maximum absolute atomic E-state index is 11.9. The first-order valence-corrected chi connectivity index (χ1v) is 12.2. The van der Waals surface area contributed by atoms with Gasteiger partial charge in [0.1, 0.15) is 0 Å². The number of esters is 1. The van der Waals surface area contributed by atoms with Crippen LogP contribution in [0.3, 0.4) is 0 Å². The first-order chi connectivity index (χ1) is 17.3. The second kappa shape index (κ2) is 10.9. The van der Waals surface area contributed by atoms with Crippen molar-refractivity contribution in [2.24, 2.45) is 5.92 Å². The van der Waals surface area contributed by atoms with Gasteiger partial charge in [0.2, 0.25) is 11.7 Å². The summed E-state index contributed by atoms with van der Waals surface area (Å²) < 4.78 is 18.7. The Balaban J connectivity index is 1.50. The quantitative estimate of drug-likeness (QED) is 0.245. The van der Waals surface area contributed by atoms with E-state index >= 15 is 0 Å². The van der Waals surface area contributed by atoms with Crippen molar-refractivity contribution in [2.45, 2.75) is 46.8 Å². The van der Waals surface area contributed by atoms with Crippen molar-refractivity contribution >= 4 is 5.97 Å². The van der Waals surface area contributed by atoms with Gasteiger partial charge in [-0.25, -0.2) is 9.78 Å². The smallest absolute Gasteiger partial charge is 0.375 e. The number of hydrogen-bond donors (Lipinski definition) is 0. The molecule has 0 spiro atoms. The fourth-order valence-corrected chi connectivity index (χ4v) is 4.06. The van der Waals surface area contributed by atoms with Crippen LogP contribution in [0.1, 0.15) is 49.5 Å². The summed E-state index contributed by atoms with van der Waals surface area (Å²) in [6, 6.07) is 20.1. The molecular weight excluding hydrogens is 454 g/mol. The van der Waals surface area contributed by atoms with Gasteiger partial charge in [-0.05, 0) is 51.5 Å². The Labute approximate surface area is 212 Å². The number of rotatable bonds is 10. The average molecular weight is 488 g/mol. The molecule has 4 aromatic rings. The summed E-state index contributed by atoms with van der Waals surface area (Å²) in [5.74, 6) is 0.154. The Morgan fingerprint density at radius 3 is 2.58 bits per heavy atom. The molecule has 0 fully saturated rings. The standard InChI is InChI=1S/C29H33N3O4/c1-6-35-28(33)26-17-30-27(36-26)24-14-10-13-23(16-24)25-15-21(3)32(31-25)29(4,5)20(2)18-34-19-22-11-8-7-9-12-22/h7-17,20H,6,18-19H2,1-5H3. The first kappa shape index (κ1) is 25.4. The first-order valence-electron chi connectivity index (χ1n) is 12.2. The second-order valence-corrected chi connectivity index (χ2v) is 9.47. The maximum atomic E-state index is 11.9. The van der Waals surface area contributed by atoms with Gasteiger partial charge in [-0.2, -0.15) is 5.10 Å². The molecule has 0 aliphatic heterocycles. The molecule has 7 heteroatoms. The van der Waals surface area contributed by atoms with Gasteiger partial charge in [0.15, 0.2) is 0 Å². The summed E-state index contributed by atoms with van der Waals surface area (Å²) in [7, 11) is 0. The number of benzene rings is 2. The minimum Gasteiger partial charge on any atom is -0.460 e. The third-order valence-electron chi connectivity index (χ3n) is 6.51. The lowest BCUT2D eigenvalue weighted by atomic mass is 9.89. The zero-order valence-corrected chi connectivity index (χ0v) is 21.5. The van der Waals surface area contributed by atoms with Gasteiger partial charge in [-0.15, -0.1) is 0 Å². The summed E-state index contributed by atoms with van der Waals surface area (Å²) >= 11 is 0. The number of carbonyl (C=O) groups is 1. The van der Waals surface area contributed by atoms with E-state index in [1.807, 2.05) is 42.5 Å². The van der Waals surface area contributed by atoms with Crippen LogP contribution >= 0.6 is 0 Å². The van der Waals surface area contributed by atoms with Crippen molar-refractivity contribution in [1.29, 1.82) is 0 Å². The van der Waals surface area contributed by atoms with E-state index in [1.54, 1.807) is 6.92 Å². The number of carbonyl (C=O) groups excluding carboxylic acids is 1. The predicted octanol–water partition coefficient (Wildman–Crippen LogP) is 6.28. The van der Waals surface area contributed by atoms with E-state index in [-0.39, 0.29) is 23.8 Å². The molecule has 0 radical (unpaired) electrons. The molecule has 1 atom stereocenters. The molecule has 2 aromatic heterocycles. The molecule has 36 heavy (non-hydrogen) atoms.